The van der Waals surface area contributed by atoms with Gasteiger partial charge in [0.05, 0.1) is 0 Å². The van der Waals surface area contributed by atoms with E-state index in [9.17, 15) is 0 Å². The minimum absolute atomic E-state index is 0.287. The molecule has 1 heterocycles. The molecular weight excluding hydrogens is 685 g/mol. The number of nitrogens with zero attached hydrogens (tertiary/aromatic N) is 3. The van der Waals surface area contributed by atoms with Crippen LogP contribution in [0.1, 0.15) is 18.5 Å². The van der Waals surface area contributed by atoms with E-state index >= 15 is 0 Å². The zero-order chi connectivity index (χ0) is 34.1. The lowest BCUT2D eigenvalue weighted by atomic mass is 10.1. The first-order valence-corrected chi connectivity index (χ1v) is 20.6. The maximum atomic E-state index is 6.94. The predicted octanol–water partition coefficient (Wildman–Crippen LogP) is 12.6. The van der Waals surface area contributed by atoms with Crippen LogP contribution in [0.3, 0.4) is 0 Å². The van der Waals surface area contributed by atoms with Crippen molar-refractivity contribution in [2.45, 2.75) is 13.0 Å². The first-order valence-electron chi connectivity index (χ1n) is 16.0. The van der Waals surface area contributed by atoms with Gasteiger partial charge in [0.1, 0.15) is 28.7 Å². The second kappa shape index (κ2) is 15.2. The highest BCUT2D eigenvalue weighted by molar-refractivity contribution is 7.79. The quantitative estimate of drug-likeness (QED) is 0.119. The number of hydrogen-bond donors (Lipinski definition) is 1. The van der Waals surface area contributed by atoms with E-state index in [1.54, 1.807) is 0 Å². The van der Waals surface area contributed by atoms with Gasteiger partial charge in [0.15, 0.2) is 0 Å². The fraction of sp³-hybridized carbons (Fsp3) is 0.0526. The summed E-state index contributed by atoms with van der Waals surface area (Å²) in [7, 11) is -11.3. The third kappa shape index (κ3) is 8.39. The van der Waals surface area contributed by atoms with E-state index < -0.39 is 22.9 Å². The van der Waals surface area contributed by atoms with Gasteiger partial charge in [-0.3, -0.25) is 0 Å². The van der Waals surface area contributed by atoms with Crippen molar-refractivity contribution in [3.05, 3.63) is 188 Å². The first-order chi connectivity index (χ1) is 24.5. The molecule has 0 aliphatic carbocycles. The third-order valence-electron chi connectivity index (χ3n) is 7.20. The van der Waals surface area contributed by atoms with Gasteiger partial charge in [-0.15, -0.1) is 9.03 Å². The largest absolute Gasteiger partial charge is 0.459 e. The zero-order valence-corrected chi connectivity index (χ0v) is 29.8. The van der Waals surface area contributed by atoms with Crippen LogP contribution in [0.15, 0.2) is 196 Å². The molecule has 0 saturated carbocycles. The Morgan fingerprint density at radius 1 is 0.380 bits per heavy atom. The van der Waals surface area contributed by atoms with Crippen molar-refractivity contribution in [3.8, 4) is 28.7 Å². The fourth-order valence-electron chi connectivity index (χ4n) is 4.97. The van der Waals surface area contributed by atoms with Crippen LogP contribution < -0.4 is 27.7 Å². The van der Waals surface area contributed by atoms with E-state index in [4.69, 9.17) is 36.2 Å². The Morgan fingerprint density at radius 2 is 0.680 bits per heavy atom. The van der Waals surface area contributed by atoms with Crippen LogP contribution in [0, 0.1) is 0 Å². The minimum Gasteiger partial charge on any atom is -0.430 e. The van der Waals surface area contributed by atoms with Gasteiger partial charge >= 0.3 is 22.9 Å². The van der Waals surface area contributed by atoms with E-state index in [0.717, 1.165) is 5.56 Å². The average molecular weight is 721 g/mol. The normalized spacial score (nSPS) is 17.8. The molecule has 1 aliphatic rings. The van der Waals surface area contributed by atoms with Crippen LogP contribution in [-0.2, 0) is 0 Å². The molecule has 0 saturated heterocycles. The van der Waals surface area contributed by atoms with E-state index in [-0.39, 0.29) is 6.04 Å². The summed E-state index contributed by atoms with van der Waals surface area (Å²) >= 11 is 0. The Balaban J connectivity index is 1.54. The lowest BCUT2D eigenvalue weighted by Crippen LogP contribution is -2.20. The van der Waals surface area contributed by atoms with Gasteiger partial charge < -0.3 is 22.6 Å². The molecule has 6 aromatic rings. The highest BCUT2D eigenvalue weighted by Crippen LogP contribution is 2.77. The summed E-state index contributed by atoms with van der Waals surface area (Å²) in [4.78, 5) is 0. The molecule has 1 aliphatic heterocycles. The lowest BCUT2D eigenvalue weighted by molar-refractivity contribution is 0.456. The topological polar surface area (TPSA) is 95.3 Å². The molecule has 0 fully saturated rings. The Kier molecular flexibility index (Phi) is 10.2. The van der Waals surface area contributed by atoms with E-state index in [1.807, 2.05) is 189 Å². The van der Waals surface area contributed by atoms with Crippen molar-refractivity contribution < 1.29 is 22.6 Å². The summed E-state index contributed by atoms with van der Waals surface area (Å²) in [5, 5.41) is 3.68. The highest BCUT2D eigenvalue weighted by atomic mass is 31.3. The van der Waals surface area contributed by atoms with Crippen LogP contribution >= 0.6 is 22.9 Å². The van der Waals surface area contributed by atoms with Gasteiger partial charge in [-0.2, -0.15) is 0 Å². The number of para-hydroxylation sites is 5. The SMILES string of the molecule is CC(NP1(Oc2ccccc2)=NP(Oc2ccccc2)(Oc2ccccc2)=NP(Oc2ccccc2)(Oc2ccccc2)=N1)c1ccccc1. The molecular formula is C38H35N4O5P3. The number of rotatable bonds is 13. The van der Waals surface area contributed by atoms with Crippen molar-refractivity contribution in [1.82, 2.24) is 5.09 Å². The van der Waals surface area contributed by atoms with Gasteiger partial charge in [0.25, 0.3) is 0 Å². The number of benzene rings is 6. The van der Waals surface area contributed by atoms with Gasteiger partial charge in [-0.25, -0.2) is 5.09 Å². The van der Waals surface area contributed by atoms with Crippen molar-refractivity contribution in [1.29, 1.82) is 0 Å². The molecule has 6 aromatic carbocycles. The summed E-state index contributed by atoms with van der Waals surface area (Å²) in [6.45, 7) is 2.04. The fourth-order valence-corrected chi connectivity index (χ4v) is 14.6. The standard InChI is InChI=1S/C38H35N4O5P3/c1-32(33-20-8-2-9-21-33)39-48(43-34-22-10-3-11-23-34)40-49(44-35-24-12-4-13-25-35,45-36-26-14-5-15-27-36)42-50(41-48,46-37-28-16-6-17-29-37)47-38-30-18-7-19-31-38/h2-32,39H,1H3. The molecule has 1 N–H and O–H groups in total. The monoisotopic (exact) mass is 720 g/mol. The van der Waals surface area contributed by atoms with Crippen LogP contribution in [-0.4, -0.2) is 0 Å². The van der Waals surface area contributed by atoms with E-state index in [2.05, 4.69) is 5.09 Å². The molecule has 7 rings (SSSR count). The van der Waals surface area contributed by atoms with Crippen LogP contribution in [0.4, 0.5) is 0 Å². The molecule has 0 amide bonds. The van der Waals surface area contributed by atoms with Gasteiger partial charge in [0, 0.05) is 6.04 Å². The van der Waals surface area contributed by atoms with Gasteiger partial charge in [-0.1, -0.05) is 126 Å². The maximum Gasteiger partial charge on any atom is 0.459 e. The number of hydrogen-bond acceptors (Lipinski definition) is 9. The molecule has 12 heteroatoms. The molecule has 0 spiro atoms. The highest BCUT2D eigenvalue weighted by Gasteiger charge is 2.47. The predicted molar refractivity (Wildman–Crippen MR) is 201 cm³/mol. The molecule has 2 unspecified atom stereocenters. The summed E-state index contributed by atoms with van der Waals surface area (Å²) in [6, 6.07) is 56.5. The lowest BCUT2D eigenvalue weighted by Gasteiger charge is -2.35. The average Bonchev–Trinajstić information content (AvgIpc) is 3.13. The van der Waals surface area contributed by atoms with Crippen LogP contribution in [0.2, 0.25) is 0 Å². The zero-order valence-electron chi connectivity index (χ0n) is 27.1. The molecule has 9 nitrogen and oxygen atoms in total. The molecule has 0 radical (unpaired) electrons. The summed E-state index contributed by atoms with van der Waals surface area (Å²) in [5.41, 5.74) is 1.00. The first kappa shape index (κ1) is 33.5. The molecule has 0 aromatic heterocycles. The van der Waals surface area contributed by atoms with Crippen LogP contribution in [0.5, 0.6) is 28.7 Å². The molecule has 0 bridgehead atoms. The summed E-state index contributed by atoms with van der Waals surface area (Å²) in [6.07, 6.45) is 0. The van der Waals surface area contributed by atoms with Crippen molar-refractivity contribution in [2.75, 3.05) is 0 Å². The van der Waals surface area contributed by atoms with E-state index in [1.165, 1.54) is 0 Å². The van der Waals surface area contributed by atoms with Crippen LogP contribution in [0.25, 0.3) is 0 Å². The Hall–Kier alpha value is -5.03. The van der Waals surface area contributed by atoms with Gasteiger partial charge in [-0.05, 0) is 73.2 Å². The van der Waals surface area contributed by atoms with Crippen molar-refractivity contribution in [2.24, 2.45) is 13.5 Å². The van der Waals surface area contributed by atoms with Crippen molar-refractivity contribution in [3.63, 3.8) is 0 Å². The van der Waals surface area contributed by atoms with E-state index in [0.29, 0.717) is 28.7 Å². The summed E-state index contributed by atoms with van der Waals surface area (Å²) < 4.78 is 50.2. The Bertz CT molecular complexity index is 1980. The summed E-state index contributed by atoms with van der Waals surface area (Å²) in [5.74, 6) is 2.53. The molecule has 252 valence electrons. The molecule has 2 atom stereocenters. The Morgan fingerprint density at radius 3 is 1.04 bits per heavy atom. The second-order valence-electron chi connectivity index (χ2n) is 11.1. The third-order valence-corrected chi connectivity index (χ3v) is 15.7. The van der Waals surface area contributed by atoms with Crippen molar-refractivity contribution >= 4 is 22.9 Å². The molecule has 50 heavy (non-hydrogen) atoms. The minimum atomic E-state index is -3.82. The van der Waals surface area contributed by atoms with Gasteiger partial charge in [0.2, 0.25) is 0 Å². The second-order valence-corrected chi connectivity index (χ2v) is 17.4. The Labute approximate surface area is 292 Å². The smallest absolute Gasteiger partial charge is 0.430 e. The maximum absolute atomic E-state index is 6.94. The number of nitrogens with one attached hydrogen (secondary N) is 1.